The van der Waals surface area contributed by atoms with E-state index in [1.54, 1.807) is 52.8 Å². The second-order valence-electron chi connectivity index (χ2n) is 9.12. The first-order chi connectivity index (χ1) is 16.5. The summed E-state index contributed by atoms with van der Waals surface area (Å²) in [6.07, 6.45) is 0.972. The van der Waals surface area contributed by atoms with Crippen molar-refractivity contribution in [1.82, 2.24) is 10.3 Å². The van der Waals surface area contributed by atoms with Crippen LogP contribution < -0.4 is 10.1 Å². The largest absolute Gasteiger partial charge is 0.478 e. The first-order valence-corrected chi connectivity index (χ1v) is 11.5. The lowest BCUT2D eigenvalue weighted by molar-refractivity contribution is 0.0507. The monoisotopic (exact) mass is 484 g/mol. The molecule has 0 saturated carbocycles. The van der Waals surface area contributed by atoms with Crippen LogP contribution in [0, 0.1) is 11.6 Å². The van der Waals surface area contributed by atoms with Crippen molar-refractivity contribution >= 4 is 22.6 Å². The number of aromatic nitrogens is 1. The molecule has 1 unspecified atom stereocenters. The number of hydrogen-bond acceptors (Lipinski definition) is 5. The number of alkyl carbamates (subject to hydrolysis) is 1. The molecule has 0 radical (unpaired) electrons. The fourth-order valence-corrected chi connectivity index (χ4v) is 3.96. The number of benzene rings is 2. The second kappa shape index (κ2) is 10.4. The molecule has 6 nitrogen and oxygen atoms in total. The van der Waals surface area contributed by atoms with Crippen molar-refractivity contribution in [1.29, 1.82) is 0 Å². The minimum absolute atomic E-state index is 0.137. The molecular formula is C27H30F2N2O4. The third-order valence-electron chi connectivity index (χ3n) is 5.43. The van der Waals surface area contributed by atoms with Crippen molar-refractivity contribution in [2.75, 3.05) is 6.61 Å². The molecule has 35 heavy (non-hydrogen) atoms. The van der Waals surface area contributed by atoms with Gasteiger partial charge in [-0.25, -0.2) is 18.6 Å². The molecule has 3 aromatic rings. The van der Waals surface area contributed by atoms with E-state index in [-0.39, 0.29) is 23.1 Å². The predicted octanol–water partition coefficient (Wildman–Crippen LogP) is 6.29. The van der Waals surface area contributed by atoms with Crippen molar-refractivity contribution in [3.8, 4) is 5.88 Å². The van der Waals surface area contributed by atoms with E-state index in [0.717, 1.165) is 6.07 Å². The van der Waals surface area contributed by atoms with E-state index in [9.17, 15) is 9.59 Å². The molecule has 8 heteroatoms. The third-order valence-corrected chi connectivity index (χ3v) is 5.43. The Labute approximate surface area is 203 Å². The smallest absolute Gasteiger partial charge is 0.408 e. The zero-order valence-corrected chi connectivity index (χ0v) is 20.8. The fourth-order valence-electron chi connectivity index (χ4n) is 3.96. The fraction of sp³-hybridized carbons (Fsp3) is 0.370. The van der Waals surface area contributed by atoms with E-state index >= 15 is 8.78 Å². The van der Waals surface area contributed by atoms with Gasteiger partial charge in [-0.2, -0.15) is 0 Å². The highest BCUT2D eigenvalue weighted by Gasteiger charge is 2.28. The lowest BCUT2D eigenvalue weighted by atomic mass is 9.91. The Hall–Kier alpha value is -3.55. The maximum Gasteiger partial charge on any atom is 0.408 e. The molecule has 0 spiro atoms. The van der Waals surface area contributed by atoms with E-state index in [1.807, 2.05) is 6.92 Å². The summed E-state index contributed by atoms with van der Waals surface area (Å²) in [6.45, 7) is 10.6. The number of ether oxygens (including phenoxy) is 2. The van der Waals surface area contributed by atoms with E-state index in [4.69, 9.17) is 9.47 Å². The summed E-state index contributed by atoms with van der Waals surface area (Å²) in [7, 11) is 0. The third kappa shape index (κ3) is 5.58. The number of carbonyl (C=O) groups excluding carboxylic acids is 2. The molecule has 0 aliphatic heterocycles. The average molecular weight is 485 g/mol. The van der Waals surface area contributed by atoms with Crippen molar-refractivity contribution in [3.05, 3.63) is 70.4 Å². The van der Waals surface area contributed by atoms with Crippen LogP contribution in [0.5, 0.6) is 5.88 Å². The summed E-state index contributed by atoms with van der Waals surface area (Å²) >= 11 is 0. The lowest BCUT2D eigenvalue weighted by Crippen LogP contribution is -2.34. The zero-order valence-electron chi connectivity index (χ0n) is 20.8. The molecule has 1 atom stereocenters. The van der Waals surface area contributed by atoms with Crippen molar-refractivity contribution < 1.29 is 27.8 Å². The van der Waals surface area contributed by atoms with Crippen molar-refractivity contribution in [3.63, 3.8) is 0 Å². The number of ketones is 1. The topological polar surface area (TPSA) is 77.5 Å². The standard InChI is InChI=1S/C27H30F2N2O4/c1-7-16-20(15(3)31-26(33)35-27(4,5)6)14-21(28)22(23(16)29)24(32)18-10-9-11-19-17(18)12-13-30-25(19)34-8-2/h9-15H,7-8H2,1-6H3,(H,31,33). The first kappa shape index (κ1) is 26.1. The maximum absolute atomic E-state index is 15.7. The molecule has 0 bridgehead atoms. The minimum Gasteiger partial charge on any atom is -0.478 e. The number of amides is 1. The van der Waals surface area contributed by atoms with E-state index in [2.05, 4.69) is 10.3 Å². The highest BCUT2D eigenvalue weighted by Crippen LogP contribution is 2.32. The zero-order chi connectivity index (χ0) is 25.9. The van der Waals surface area contributed by atoms with Gasteiger partial charge in [0.25, 0.3) is 0 Å². The van der Waals surface area contributed by atoms with Crippen LogP contribution in [-0.4, -0.2) is 29.1 Å². The molecule has 0 saturated heterocycles. The van der Waals surface area contributed by atoms with Crippen molar-refractivity contribution in [2.45, 2.75) is 59.6 Å². The molecule has 1 aromatic heterocycles. The van der Waals surface area contributed by atoms with Gasteiger partial charge < -0.3 is 14.8 Å². The van der Waals surface area contributed by atoms with Crippen LogP contribution in [0.4, 0.5) is 13.6 Å². The van der Waals surface area contributed by atoms with Gasteiger partial charge >= 0.3 is 6.09 Å². The predicted molar refractivity (Wildman–Crippen MR) is 130 cm³/mol. The van der Waals surface area contributed by atoms with E-state index in [0.29, 0.717) is 23.3 Å². The van der Waals surface area contributed by atoms with Gasteiger partial charge in [-0.15, -0.1) is 0 Å². The SMILES string of the molecule is CCOc1nccc2c(C(=O)c3c(F)cc(C(C)NC(=O)OC(C)(C)C)c(CC)c3F)cccc12. The molecule has 0 fully saturated rings. The molecule has 3 rings (SSSR count). The van der Waals surface area contributed by atoms with Gasteiger partial charge in [0.15, 0.2) is 5.78 Å². The quantitative estimate of drug-likeness (QED) is 0.399. The second-order valence-corrected chi connectivity index (χ2v) is 9.12. The number of halogens is 2. The first-order valence-electron chi connectivity index (χ1n) is 11.5. The van der Waals surface area contributed by atoms with E-state index < -0.39 is 40.7 Å². The van der Waals surface area contributed by atoms with Gasteiger partial charge in [-0.1, -0.05) is 19.1 Å². The molecule has 1 heterocycles. The number of nitrogens with zero attached hydrogens (tertiary/aromatic N) is 1. The number of hydrogen-bond donors (Lipinski definition) is 1. The molecule has 1 amide bonds. The van der Waals surface area contributed by atoms with Gasteiger partial charge in [0, 0.05) is 17.1 Å². The van der Waals surface area contributed by atoms with Gasteiger partial charge in [0.05, 0.1) is 18.2 Å². The van der Waals surface area contributed by atoms with Crippen molar-refractivity contribution in [2.24, 2.45) is 0 Å². The van der Waals surface area contributed by atoms with Gasteiger partial charge in [-0.3, -0.25) is 4.79 Å². The molecule has 0 aliphatic rings. The van der Waals surface area contributed by atoms with Crippen LogP contribution in [0.25, 0.3) is 10.8 Å². The van der Waals surface area contributed by atoms with Crippen LogP contribution in [-0.2, 0) is 11.2 Å². The Morgan fingerprint density at radius 3 is 2.46 bits per heavy atom. The summed E-state index contributed by atoms with van der Waals surface area (Å²) in [4.78, 5) is 29.8. The number of pyridine rings is 1. The van der Waals surface area contributed by atoms with Crippen LogP contribution in [0.1, 0.15) is 74.6 Å². The van der Waals surface area contributed by atoms with Crippen LogP contribution in [0.3, 0.4) is 0 Å². The Morgan fingerprint density at radius 1 is 1.11 bits per heavy atom. The van der Waals surface area contributed by atoms with Gasteiger partial charge in [0.2, 0.25) is 5.88 Å². The Kier molecular flexibility index (Phi) is 7.73. The Bertz CT molecular complexity index is 1270. The summed E-state index contributed by atoms with van der Waals surface area (Å²) in [5, 5.41) is 3.66. The Balaban J connectivity index is 2.05. The minimum atomic E-state index is -1.01. The average Bonchev–Trinajstić information content (AvgIpc) is 2.77. The molecule has 2 aromatic carbocycles. The number of nitrogens with one attached hydrogen (secondary N) is 1. The highest BCUT2D eigenvalue weighted by atomic mass is 19.1. The number of rotatable bonds is 7. The van der Waals surface area contributed by atoms with Crippen LogP contribution in [0.2, 0.25) is 0 Å². The van der Waals surface area contributed by atoms with Crippen LogP contribution >= 0.6 is 0 Å². The summed E-state index contributed by atoms with van der Waals surface area (Å²) in [6, 6.07) is 6.85. The normalized spacial score (nSPS) is 12.3. The molecular weight excluding hydrogens is 454 g/mol. The molecule has 186 valence electrons. The van der Waals surface area contributed by atoms with Crippen LogP contribution in [0.15, 0.2) is 36.5 Å². The maximum atomic E-state index is 15.7. The Morgan fingerprint density at radius 2 is 1.83 bits per heavy atom. The highest BCUT2D eigenvalue weighted by molar-refractivity contribution is 6.17. The number of fused-ring (bicyclic) bond motifs is 1. The van der Waals surface area contributed by atoms with E-state index in [1.165, 1.54) is 12.3 Å². The molecule has 0 aliphatic carbocycles. The lowest BCUT2D eigenvalue weighted by Gasteiger charge is -2.24. The summed E-state index contributed by atoms with van der Waals surface area (Å²) < 4.78 is 41.7. The van der Waals surface area contributed by atoms with Gasteiger partial charge in [-0.05, 0) is 75.8 Å². The summed E-state index contributed by atoms with van der Waals surface area (Å²) in [5.74, 6) is -2.39. The summed E-state index contributed by atoms with van der Waals surface area (Å²) in [5.41, 5.74) is -0.836. The molecule has 1 N–H and O–H groups in total. The number of carbonyl (C=O) groups is 2. The van der Waals surface area contributed by atoms with Gasteiger partial charge in [0.1, 0.15) is 17.2 Å².